The van der Waals surface area contributed by atoms with Gasteiger partial charge in [0, 0.05) is 10.0 Å². The summed E-state index contributed by atoms with van der Waals surface area (Å²) < 4.78 is 30.5. The van der Waals surface area contributed by atoms with E-state index in [-0.39, 0.29) is 5.56 Å². The summed E-state index contributed by atoms with van der Waals surface area (Å²) in [6.07, 6.45) is -1.62. The van der Waals surface area contributed by atoms with Gasteiger partial charge >= 0.3 is 0 Å². The minimum atomic E-state index is -2.48. The highest BCUT2D eigenvalue weighted by molar-refractivity contribution is 9.10. The molecule has 0 atom stereocenters. The summed E-state index contributed by atoms with van der Waals surface area (Å²) in [7, 11) is 0. The van der Waals surface area contributed by atoms with E-state index in [1.165, 1.54) is 6.07 Å². The quantitative estimate of drug-likeness (QED) is 0.793. The molecule has 4 heteroatoms. The Labute approximate surface area is 90.2 Å². The highest BCUT2D eigenvalue weighted by atomic mass is 79.9. The van der Waals surface area contributed by atoms with Crippen LogP contribution in [-0.4, -0.2) is 6.61 Å². The maximum atomic E-state index is 12.4. The first-order valence-corrected chi connectivity index (χ1v) is 5.15. The lowest BCUT2D eigenvalue weighted by Gasteiger charge is -2.08. The zero-order chi connectivity index (χ0) is 10.6. The van der Waals surface area contributed by atoms with Crippen LogP contribution in [0.15, 0.2) is 22.7 Å². The molecule has 0 aliphatic carbocycles. The third kappa shape index (κ3) is 2.94. The van der Waals surface area contributed by atoms with Gasteiger partial charge in [0.15, 0.2) is 0 Å². The van der Waals surface area contributed by atoms with Gasteiger partial charge in [-0.2, -0.15) is 0 Å². The van der Waals surface area contributed by atoms with E-state index in [9.17, 15) is 8.78 Å². The molecule has 78 valence electrons. The average molecular weight is 265 g/mol. The van der Waals surface area contributed by atoms with Crippen molar-refractivity contribution in [2.45, 2.75) is 19.8 Å². The Morgan fingerprint density at radius 3 is 2.71 bits per heavy atom. The fourth-order valence-electron chi connectivity index (χ4n) is 0.999. The molecule has 0 aromatic heterocycles. The molecule has 0 saturated carbocycles. The van der Waals surface area contributed by atoms with Crippen LogP contribution in [0.25, 0.3) is 0 Å². The third-order valence-corrected chi connectivity index (χ3v) is 2.40. The molecule has 0 bridgehead atoms. The number of rotatable bonds is 4. The smallest absolute Gasteiger partial charge is 0.265 e. The monoisotopic (exact) mass is 264 g/mol. The van der Waals surface area contributed by atoms with Gasteiger partial charge in [0.25, 0.3) is 6.43 Å². The van der Waals surface area contributed by atoms with Crippen LogP contribution < -0.4 is 4.74 Å². The van der Waals surface area contributed by atoms with Gasteiger partial charge in [-0.3, -0.25) is 0 Å². The Balaban J connectivity index is 2.83. The molecule has 1 nitrogen and oxygen atoms in total. The number of halogens is 3. The summed E-state index contributed by atoms with van der Waals surface area (Å²) in [6, 6.07) is 4.61. The molecule has 0 N–H and O–H groups in total. The predicted octanol–water partition coefficient (Wildman–Crippen LogP) is 4.18. The van der Waals surface area contributed by atoms with Crippen LogP contribution in [0.5, 0.6) is 5.75 Å². The molecule has 1 aromatic carbocycles. The van der Waals surface area contributed by atoms with E-state index >= 15 is 0 Å². The van der Waals surface area contributed by atoms with Crippen molar-refractivity contribution in [1.29, 1.82) is 0 Å². The lowest BCUT2D eigenvalue weighted by molar-refractivity contribution is 0.150. The Morgan fingerprint density at radius 2 is 2.14 bits per heavy atom. The standard InChI is InChI=1S/C10H11BrF2O/c1-2-5-14-7-3-4-9(11)8(6-7)10(12)13/h3-4,6,10H,2,5H2,1H3. The zero-order valence-corrected chi connectivity index (χ0v) is 9.35. The van der Waals surface area contributed by atoms with Crippen LogP contribution in [0.2, 0.25) is 0 Å². The van der Waals surface area contributed by atoms with Gasteiger partial charge in [-0.15, -0.1) is 0 Å². The topological polar surface area (TPSA) is 9.23 Å². The van der Waals surface area contributed by atoms with E-state index in [2.05, 4.69) is 15.9 Å². The molecule has 0 spiro atoms. The van der Waals surface area contributed by atoms with Crippen molar-refractivity contribution in [3.63, 3.8) is 0 Å². The first-order chi connectivity index (χ1) is 6.65. The van der Waals surface area contributed by atoms with Crippen molar-refractivity contribution in [3.8, 4) is 5.75 Å². The first-order valence-electron chi connectivity index (χ1n) is 4.35. The molecule has 0 saturated heterocycles. The molecule has 0 unspecified atom stereocenters. The van der Waals surface area contributed by atoms with E-state index < -0.39 is 6.43 Å². The molecule has 1 aromatic rings. The SMILES string of the molecule is CCCOc1ccc(Br)c(C(F)F)c1. The van der Waals surface area contributed by atoms with Crippen molar-refractivity contribution >= 4 is 15.9 Å². The summed E-state index contributed by atoms with van der Waals surface area (Å²) in [5.74, 6) is 0.491. The largest absolute Gasteiger partial charge is 0.494 e. The Kier molecular flexibility index (Phi) is 4.32. The second-order valence-electron chi connectivity index (χ2n) is 2.83. The summed E-state index contributed by atoms with van der Waals surface area (Å²) in [4.78, 5) is 0. The van der Waals surface area contributed by atoms with Crippen molar-refractivity contribution in [2.75, 3.05) is 6.61 Å². The molecule has 0 fully saturated rings. The van der Waals surface area contributed by atoms with Crippen LogP contribution >= 0.6 is 15.9 Å². The summed E-state index contributed by atoms with van der Waals surface area (Å²) in [6.45, 7) is 2.51. The van der Waals surface area contributed by atoms with Crippen LogP contribution in [-0.2, 0) is 0 Å². The Hall–Kier alpha value is -0.640. The van der Waals surface area contributed by atoms with Gasteiger partial charge in [-0.25, -0.2) is 8.78 Å². The molecular formula is C10H11BrF2O. The number of hydrogen-bond donors (Lipinski definition) is 0. The minimum absolute atomic E-state index is 0.0291. The van der Waals surface area contributed by atoms with Crippen molar-refractivity contribution in [2.24, 2.45) is 0 Å². The highest BCUT2D eigenvalue weighted by Gasteiger charge is 2.12. The lowest BCUT2D eigenvalue weighted by Crippen LogP contribution is -1.96. The molecule has 0 amide bonds. The number of hydrogen-bond acceptors (Lipinski definition) is 1. The number of ether oxygens (including phenoxy) is 1. The zero-order valence-electron chi connectivity index (χ0n) is 7.77. The van der Waals surface area contributed by atoms with Crippen molar-refractivity contribution < 1.29 is 13.5 Å². The van der Waals surface area contributed by atoms with Gasteiger partial charge in [-0.1, -0.05) is 22.9 Å². The fraction of sp³-hybridized carbons (Fsp3) is 0.400. The third-order valence-electron chi connectivity index (χ3n) is 1.68. The fourth-order valence-corrected chi connectivity index (χ4v) is 1.42. The molecule has 0 aliphatic rings. The molecule has 1 rings (SSSR count). The average Bonchev–Trinajstić information content (AvgIpc) is 2.16. The predicted molar refractivity (Wildman–Crippen MR) is 54.9 cm³/mol. The lowest BCUT2D eigenvalue weighted by atomic mass is 10.2. The van der Waals surface area contributed by atoms with Crippen LogP contribution in [0.1, 0.15) is 25.3 Å². The minimum Gasteiger partial charge on any atom is -0.494 e. The van der Waals surface area contributed by atoms with Gasteiger partial charge in [0.1, 0.15) is 5.75 Å². The van der Waals surface area contributed by atoms with Crippen molar-refractivity contribution in [3.05, 3.63) is 28.2 Å². The second-order valence-corrected chi connectivity index (χ2v) is 3.69. The summed E-state index contributed by atoms with van der Waals surface area (Å²) in [5.41, 5.74) is -0.0291. The van der Waals surface area contributed by atoms with Crippen LogP contribution in [0.4, 0.5) is 8.78 Å². The number of alkyl halides is 2. The maximum absolute atomic E-state index is 12.4. The van der Waals surface area contributed by atoms with Crippen molar-refractivity contribution in [1.82, 2.24) is 0 Å². The maximum Gasteiger partial charge on any atom is 0.265 e. The van der Waals surface area contributed by atoms with Gasteiger partial charge in [0.05, 0.1) is 6.61 Å². The van der Waals surface area contributed by atoms with E-state index in [0.29, 0.717) is 16.8 Å². The molecule has 0 heterocycles. The molecular weight excluding hydrogens is 254 g/mol. The first kappa shape index (κ1) is 11.4. The normalized spacial score (nSPS) is 10.6. The van der Waals surface area contributed by atoms with Gasteiger partial charge in [0.2, 0.25) is 0 Å². The van der Waals surface area contributed by atoms with E-state index in [1.54, 1.807) is 12.1 Å². The second kappa shape index (κ2) is 5.29. The van der Waals surface area contributed by atoms with E-state index in [1.807, 2.05) is 6.92 Å². The van der Waals surface area contributed by atoms with E-state index in [0.717, 1.165) is 6.42 Å². The summed E-state index contributed by atoms with van der Waals surface area (Å²) >= 11 is 3.06. The Morgan fingerprint density at radius 1 is 1.43 bits per heavy atom. The van der Waals surface area contributed by atoms with Gasteiger partial charge < -0.3 is 4.74 Å². The molecule has 0 radical (unpaired) electrons. The molecule has 14 heavy (non-hydrogen) atoms. The number of benzene rings is 1. The van der Waals surface area contributed by atoms with Gasteiger partial charge in [-0.05, 0) is 24.6 Å². The van der Waals surface area contributed by atoms with Crippen LogP contribution in [0.3, 0.4) is 0 Å². The summed E-state index contributed by atoms with van der Waals surface area (Å²) in [5, 5.41) is 0. The highest BCUT2D eigenvalue weighted by Crippen LogP contribution is 2.30. The van der Waals surface area contributed by atoms with Crippen LogP contribution in [0, 0.1) is 0 Å². The Bertz CT molecular complexity index is 302. The van der Waals surface area contributed by atoms with E-state index in [4.69, 9.17) is 4.74 Å². The molecule has 0 aliphatic heterocycles.